The number of aromatic nitrogens is 1. The average molecular weight is 310 g/mol. The first-order valence-electron chi connectivity index (χ1n) is 7.09. The van der Waals surface area contributed by atoms with E-state index < -0.39 is 0 Å². The first kappa shape index (κ1) is 15.8. The van der Waals surface area contributed by atoms with Crippen molar-refractivity contribution < 1.29 is 9.53 Å². The highest BCUT2D eigenvalue weighted by molar-refractivity contribution is 7.18. The molecule has 6 nitrogen and oxygen atoms in total. The van der Waals surface area contributed by atoms with Crippen molar-refractivity contribution in [1.29, 1.82) is 0 Å². The number of nitrogens with two attached hydrogens (primary N) is 1. The topological polar surface area (TPSA) is 89.3 Å². The van der Waals surface area contributed by atoms with Gasteiger partial charge in [-0.15, -0.1) is 0 Å². The molecule has 21 heavy (non-hydrogen) atoms. The molecule has 0 atom stereocenters. The lowest BCUT2D eigenvalue weighted by Gasteiger charge is -2.25. The molecule has 0 spiro atoms. The van der Waals surface area contributed by atoms with E-state index >= 15 is 0 Å². The van der Waals surface area contributed by atoms with Crippen LogP contribution in [-0.4, -0.2) is 36.7 Å². The molecule has 4 N–H and O–H groups in total. The van der Waals surface area contributed by atoms with Crippen LogP contribution in [0.5, 0.6) is 0 Å². The number of hydrogen-bond acceptors (Lipinski definition) is 6. The number of amides is 1. The normalized spacial score (nSPS) is 14.5. The van der Waals surface area contributed by atoms with Gasteiger partial charge in [0.05, 0.1) is 13.2 Å². The average Bonchev–Trinajstić information content (AvgIpc) is 2.74. The van der Waals surface area contributed by atoms with Crippen molar-refractivity contribution in [2.24, 2.45) is 0 Å². The van der Waals surface area contributed by atoms with Crippen LogP contribution < -0.4 is 16.4 Å². The lowest BCUT2D eigenvalue weighted by atomic mass is 9.93. The van der Waals surface area contributed by atoms with E-state index in [1.165, 1.54) is 17.8 Å². The zero-order valence-electron chi connectivity index (χ0n) is 12.3. The first-order chi connectivity index (χ1) is 10.1. The third-order valence-corrected chi connectivity index (χ3v) is 4.17. The third kappa shape index (κ3) is 4.71. The fourth-order valence-electron chi connectivity index (χ4n) is 1.85. The second-order valence-corrected chi connectivity index (χ2v) is 6.27. The molecule has 1 aliphatic carbocycles. The van der Waals surface area contributed by atoms with Gasteiger partial charge < -0.3 is 21.1 Å². The van der Waals surface area contributed by atoms with E-state index in [9.17, 15) is 4.79 Å². The number of ether oxygens (including phenoxy) is 1. The van der Waals surface area contributed by atoms with E-state index in [0.29, 0.717) is 30.7 Å². The van der Waals surface area contributed by atoms with Crippen LogP contribution in [-0.2, 0) is 4.74 Å². The summed E-state index contributed by atoms with van der Waals surface area (Å²) >= 11 is 1.30. The molecule has 1 heterocycles. The molecule has 0 aromatic carbocycles. The lowest BCUT2D eigenvalue weighted by molar-refractivity contribution is 0.0931. The van der Waals surface area contributed by atoms with Gasteiger partial charge in [0.2, 0.25) is 0 Å². The summed E-state index contributed by atoms with van der Waals surface area (Å²) in [6.07, 6.45) is 3.55. The van der Waals surface area contributed by atoms with E-state index in [4.69, 9.17) is 10.5 Å². The van der Waals surface area contributed by atoms with Gasteiger partial charge in [-0.3, -0.25) is 4.79 Å². The van der Waals surface area contributed by atoms with Crippen LogP contribution in [0.4, 0.5) is 10.9 Å². The van der Waals surface area contributed by atoms with Gasteiger partial charge in [0.15, 0.2) is 5.13 Å². The van der Waals surface area contributed by atoms with Crippen LogP contribution in [0.3, 0.4) is 0 Å². The third-order valence-electron chi connectivity index (χ3n) is 3.17. The van der Waals surface area contributed by atoms with E-state index in [1.807, 2.05) is 6.92 Å². The Bertz CT molecular complexity index is 511. The minimum Gasteiger partial charge on any atom is -0.382 e. The fourth-order valence-corrected chi connectivity index (χ4v) is 2.72. The Balaban J connectivity index is 1.77. The molecule has 1 aromatic heterocycles. The van der Waals surface area contributed by atoms with Crippen LogP contribution in [0.15, 0.2) is 12.2 Å². The predicted molar refractivity (Wildman–Crippen MR) is 85.8 cm³/mol. The SMILES string of the molecule is C=C(C)COCCNC(=O)c1sc(NC2CCC2)nc1N. The maximum Gasteiger partial charge on any atom is 0.265 e. The Morgan fingerprint density at radius 2 is 2.33 bits per heavy atom. The number of anilines is 2. The zero-order valence-corrected chi connectivity index (χ0v) is 13.1. The van der Waals surface area contributed by atoms with Crippen molar-refractivity contribution >= 4 is 28.2 Å². The number of carbonyl (C=O) groups excluding carboxylic acids is 1. The Morgan fingerprint density at radius 1 is 1.57 bits per heavy atom. The molecular formula is C14H22N4O2S. The number of nitrogens with one attached hydrogen (secondary N) is 2. The molecular weight excluding hydrogens is 288 g/mol. The second-order valence-electron chi connectivity index (χ2n) is 5.27. The number of hydrogen-bond donors (Lipinski definition) is 3. The monoisotopic (exact) mass is 310 g/mol. The highest BCUT2D eigenvalue weighted by Crippen LogP contribution is 2.29. The summed E-state index contributed by atoms with van der Waals surface area (Å²) in [5.74, 6) is 0.0766. The number of nitrogen functional groups attached to an aromatic ring is 1. The van der Waals surface area contributed by atoms with Gasteiger partial charge in [0.1, 0.15) is 10.7 Å². The van der Waals surface area contributed by atoms with Gasteiger partial charge in [-0.25, -0.2) is 4.98 Å². The van der Waals surface area contributed by atoms with Crippen LogP contribution in [0.25, 0.3) is 0 Å². The number of rotatable bonds is 8. The van der Waals surface area contributed by atoms with Gasteiger partial charge in [-0.05, 0) is 26.2 Å². The van der Waals surface area contributed by atoms with E-state index in [2.05, 4.69) is 22.2 Å². The maximum absolute atomic E-state index is 12.0. The first-order valence-corrected chi connectivity index (χ1v) is 7.91. The number of thiazole rings is 1. The number of carbonyl (C=O) groups is 1. The molecule has 1 saturated carbocycles. The molecule has 0 unspecified atom stereocenters. The van der Waals surface area contributed by atoms with Crippen molar-refractivity contribution in [3.63, 3.8) is 0 Å². The van der Waals surface area contributed by atoms with Crippen molar-refractivity contribution in [1.82, 2.24) is 10.3 Å². The van der Waals surface area contributed by atoms with Crippen LogP contribution in [0, 0.1) is 0 Å². The quantitative estimate of drug-likeness (QED) is 0.505. The molecule has 0 aliphatic heterocycles. The van der Waals surface area contributed by atoms with Gasteiger partial charge in [-0.1, -0.05) is 23.5 Å². The maximum atomic E-state index is 12.0. The Kier molecular flexibility index (Phi) is 5.58. The van der Waals surface area contributed by atoms with Crippen molar-refractivity contribution in [2.75, 3.05) is 30.8 Å². The summed E-state index contributed by atoms with van der Waals surface area (Å²) in [6.45, 7) is 7.03. The van der Waals surface area contributed by atoms with E-state index in [0.717, 1.165) is 23.5 Å². The minimum absolute atomic E-state index is 0.203. The summed E-state index contributed by atoms with van der Waals surface area (Å²) in [4.78, 5) is 16.7. The van der Waals surface area contributed by atoms with E-state index in [-0.39, 0.29) is 11.7 Å². The predicted octanol–water partition coefficient (Wildman–Crippen LogP) is 2.01. The number of nitrogens with zero attached hydrogens (tertiary/aromatic N) is 1. The molecule has 7 heteroatoms. The largest absolute Gasteiger partial charge is 0.382 e. The minimum atomic E-state index is -0.203. The second kappa shape index (κ2) is 7.42. The smallest absolute Gasteiger partial charge is 0.265 e. The summed E-state index contributed by atoms with van der Waals surface area (Å²) < 4.78 is 5.32. The van der Waals surface area contributed by atoms with E-state index in [1.54, 1.807) is 0 Å². The molecule has 2 rings (SSSR count). The summed E-state index contributed by atoms with van der Waals surface area (Å²) in [6, 6.07) is 0.474. The molecule has 1 amide bonds. The highest BCUT2D eigenvalue weighted by Gasteiger charge is 2.21. The van der Waals surface area contributed by atoms with Gasteiger partial charge in [0.25, 0.3) is 5.91 Å². The summed E-state index contributed by atoms with van der Waals surface area (Å²) in [7, 11) is 0. The molecule has 1 fully saturated rings. The van der Waals surface area contributed by atoms with Crippen LogP contribution in [0.2, 0.25) is 0 Å². The summed E-state index contributed by atoms with van der Waals surface area (Å²) in [5.41, 5.74) is 6.76. The molecule has 0 bridgehead atoms. The lowest BCUT2D eigenvalue weighted by Crippen LogP contribution is -2.27. The molecule has 0 saturated heterocycles. The molecule has 1 aliphatic rings. The Hall–Kier alpha value is -1.60. The van der Waals surface area contributed by atoms with Gasteiger partial charge in [-0.2, -0.15) is 0 Å². The van der Waals surface area contributed by atoms with Crippen molar-refractivity contribution in [3.8, 4) is 0 Å². The Labute approximate surface area is 128 Å². The molecule has 0 radical (unpaired) electrons. The molecule has 116 valence electrons. The Morgan fingerprint density at radius 3 is 2.95 bits per heavy atom. The zero-order chi connectivity index (χ0) is 15.2. The standard InChI is InChI=1S/C14H22N4O2S/c1-9(2)8-20-7-6-16-13(19)11-12(15)18-14(21-11)17-10-4-3-5-10/h10H,1,3-8,15H2,2H3,(H,16,19)(H,17,18). The van der Waals surface area contributed by atoms with Crippen LogP contribution >= 0.6 is 11.3 Å². The van der Waals surface area contributed by atoms with Gasteiger partial charge in [0, 0.05) is 12.6 Å². The van der Waals surface area contributed by atoms with Crippen LogP contribution in [0.1, 0.15) is 35.9 Å². The summed E-state index contributed by atoms with van der Waals surface area (Å²) in [5, 5.41) is 6.80. The highest BCUT2D eigenvalue weighted by atomic mass is 32.1. The van der Waals surface area contributed by atoms with Gasteiger partial charge >= 0.3 is 0 Å². The molecule has 1 aromatic rings. The fraction of sp³-hybridized carbons (Fsp3) is 0.571. The van der Waals surface area contributed by atoms with Crippen molar-refractivity contribution in [2.45, 2.75) is 32.2 Å². The van der Waals surface area contributed by atoms with Crippen molar-refractivity contribution in [3.05, 3.63) is 17.0 Å².